The Morgan fingerprint density at radius 2 is 1.77 bits per heavy atom. The molecule has 0 saturated carbocycles. The van der Waals surface area contributed by atoms with Gasteiger partial charge in [0.05, 0.1) is 11.7 Å². The van der Waals surface area contributed by atoms with Crippen molar-refractivity contribution in [3.8, 4) is 11.5 Å². The molecule has 2 aromatic rings. The van der Waals surface area contributed by atoms with Crippen molar-refractivity contribution < 1.29 is 23.0 Å². The second-order valence-electron chi connectivity index (χ2n) is 5.68. The number of rotatable bonds is 9. The van der Waals surface area contributed by atoms with Gasteiger partial charge in [-0.1, -0.05) is 30.3 Å². The molecule has 0 aromatic heterocycles. The summed E-state index contributed by atoms with van der Waals surface area (Å²) in [5, 5.41) is 2.62. The first kappa shape index (κ1) is 19.7. The van der Waals surface area contributed by atoms with Gasteiger partial charge in [0, 0.05) is 6.54 Å². The number of carbonyl (C=O) groups is 1. The topological polar surface area (TPSA) is 50.8 Å². The molecule has 0 spiro atoms. The first-order chi connectivity index (χ1) is 12.5. The van der Waals surface area contributed by atoms with Gasteiger partial charge in [-0.15, -0.1) is 0 Å². The lowest BCUT2D eigenvalue weighted by Crippen LogP contribution is -2.41. The minimum absolute atomic E-state index is 0.0712. The van der Waals surface area contributed by atoms with E-state index in [-0.39, 0.29) is 17.3 Å². The van der Waals surface area contributed by atoms with Crippen LogP contribution in [0.1, 0.15) is 6.92 Å². The molecule has 0 radical (unpaired) electrons. The number of anilines is 1. The van der Waals surface area contributed by atoms with E-state index >= 15 is 0 Å². The fourth-order valence-corrected chi connectivity index (χ4v) is 2.22. The number of ether oxygens (including phenoxy) is 2. The van der Waals surface area contributed by atoms with E-state index in [1.54, 1.807) is 26.1 Å². The minimum Gasteiger partial charge on any atom is -0.492 e. The highest BCUT2D eigenvalue weighted by molar-refractivity contribution is 5.95. The van der Waals surface area contributed by atoms with Crippen molar-refractivity contribution in [3.63, 3.8) is 0 Å². The lowest BCUT2D eigenvalue weighted by atomic mass is 10.2. The van der Waals surface area contributed by atoms with Gasteiger partial charge in [0.1, 0.15) is 18.1 Å². The molecule has 0 aliphatic rings. The second kappa shape index (κ2) is 9.72. The van der Waals surface area contributed by atoms with Crippen LogP contribution in [-0.2, 0) is 4.79 Å². The van der Waals surface area contributed by atoms with E-state index in [0.717, 1.165) is 5.75 Å². The Bertz CT molecular complexity index is 698. The molecule has 1 atom stereocenters. The van der Waals surface area contributed by atoms with Crippen LogP contribution in [0.15, 0.2) is 54.6 Å². The Morgan fingerprint density at radius 1 is 1.12 bits per heavy atom. The Kier molecular flexibility index (Phi) is 7.35. The number of para-hydroxylation sites is 3. The molecule has 0 aliphatic carbocycles. The molecule has 2 aromatic carbocycles. The van der Waals surface area contributed by atoms with Crippen molar-refractivity contribution in [1.29, 1.82) is 0 Å². The van der Waals surface area contributed by atoms with Crippen LogP contribution in [0.3, 0.4) is 0 Å². The number of halogens is 2. The fourth-order valence-electron chi connectivity index (χ4n) is 2.22. The number of amides is 1. The fraction of sp³-hybridized carbons (Fsp3) is 0.316. The Labute approximate surface area is 151 Å². The van der Waals surface area contributed by atoms with Crippen molar-refractivity contribution >= 4 is 11.6 Å². The number of nitrogens with one attached hydrogen (secondary N) is 1. The van der Waals surface area contributed by atoms with Gasteiger partial charge in [0.25, 0.3) is 0 Å². The van der Waals surface area contributed by atoms with E-state index in [0.29, 0.717) is 13.2 Å². The number of likely N-dealkylation sites (N-methyl/N-ethyl adjacent to an activating group) is 1. The maximum absolute atomic E-state index is 12.4. The van der Waals surface area contributed by atoms with Crippen LogP contribution in [-0.4, -0.2) is 43.7 Å². The third-order valence-electron chi connectivity index (χ3n) is 3.86. The van der Waals surface area contributed by atoms with E-state index in [9.17, 15) is 13.6 Å². The van der Waals surface area contributed by atoms with Gasteiger partial charge in [-0.3, -0.25) is 9.69 Å². The van der Waals surface area contributed by atoms with Gasteiger partial charge in [-0.25, -0.2) is 0 Å². The second-order valence-corrected chi connectivity index (χ2v) is 5.68. The summed E-state index contributed by atoms with van der Waals surface area (Å²) in [5.41, 5.74) is 0.207. The molecule has 0 bridgehead atoms. The SMILES string of the molecule is CC(C(=O)Nc1ccccc1OC(F)F)N(C)CCOc1ccccc1. The summed E-state index contributed by atoms with van der Waals surface area (Å²) in [7, 11) is 1.79. The molecule has 0 saturated heterocycles. The van der Waals surface area contributed by atoms with E-state index < -0.39 is 12.7 Å². The van der Waals surface area contributed by atoms with E-state index in [1.165, 1.54) is 12.1 Å². The average molecular weight is 364 g/mol. The Balaban J connectivity index is 1.86. The van der Waals surface area contributed by atoms with Gasteiger partial charge < -0.3 is 14.8 Å². The third-order valence-corrected chi connectivity index (χ3v) is 3.86. The normalized spacial score (nSPS) is 12.1. The van der Waals surface area contributed by atoms with Crippen LogP contribution < -0.4 is 14.8 Å². The number of carbonyl (C=O) groups excluding carboxylic acids is 1. The third kappa shape index (κ3) is 6.00. The molecule has 1 unspecified atom stereocenters. The first-order valence-corrected chi connectivity index (χ1v) is 8.20. The first-order valence-electron chi connectivity index (χ1n) is 8.20. The highest BCUT2D eigenvalue weighted by atomic mass is 19.3. The van der Waals surface area contributed by atoms with Crippen molar-refractivity contribution in [3.05, 3.63) is 54.6 Å². The molecule has 140 valence electrons. The van der Waals surface area contributed by atoms with Crippen LogP contribution in [0.4, 0.5) is 14.5 Å². The predicted molar refractivity (Wildman–Crippen MR) is 95.7 cm³/mol. The Morgan fingerprint density at radius 3 is 2.46 bits per heavy atom. The predicted octanol–water partition coefficient (Wildman–Crippen LogP) is 3.63. The molecule has 1 N–H and O–H groups in total. The van der Waals surface area contributed by atoms with Crippen LogP contribution >= 0.6 is 0 Å². The van der Waals surface area contributed by atoms with Crippen LogP contribution in [0.2, 0.25) is 0 Å². The summed E-state index contributed by atoms with van der Waals surface area (Å²) < 4.78 is 34.9. The molecular weight excluding hydrogens is 342 g/mol. The van der Waals surface area contributed by atoms with Crippen LogP contribution in [0.25, 0.3) is 0 Å². The summed E-state index contributed by atoms with van der Waals surface area (Å²) >= 11 is 0. The Hall–Kier alpha value is -2.67. The number of hydrogen-bond acceptors (Lipinski definition) is 4. The van der Waals surface area contributed by atoms with Gasteiger partial charge in [-0.05, 0) is 38.2 Å². The lowest BCUT2D eigenvalue weighted by molar-refractivity contribution is -0.120. The maximum Gasteiger partial charge on any atom is 0.387 e. The molecular formula is C19H22F2N2O3. The highest BCUT2D eigenvalue weighted by Gasteiger charge is 2.20. The zero-order valence-electron chi connectivity index (χ0n) is 14.7. The number of nitrogens with zero attached hydrogens (tertiary/aromatic N) is 1. The van der Waals surface area contributed by atoms with Crippen molar-refractivity contribution in [2.45, 2.75) is 19.6 Å². The van der Waals surface area contributed by atoms with E-state index in [2.05, 4.69) is 10.1 Å². The minimum atomic E-state index is -2.96. The lowest BCUT2D eigenvalue weighted by Gasteiger charge is -2.24. The van der Waals surface area contributed by atoms with E-state index in [1.807, 2.05) is 35.2 Å². The molecule has 0 fully saturated rings. The average Bonchev–Trinajstić information content (AvgIpc) is 2.63. The maximum atomic E-state index is 12.4. The molecule has 0 aliphatic heterocycles. The van der Waals surface area contributed by atoms with Crippen LogP contribution in [0, 0.1) is 0 Å². The summed E-state index contributed by atoms with van der Waals surface area (Å²) in [6.45, 7) is -0.278. The smallest absolute Gasteiger partial charge is 0.387 e. The number of alkyl halides is 2. The standard InChI is InChI=1S/C19H22F2N2O3/c1-14(23(2)12-13-25-15-8-4-3-5-9-15)18(24)22-16-10-6-7-11-17(16)26-19(20)21/h3-11,14,19H,12-13H2,1-2H3,(H,22,24). The monoisotopic (exact) mass is 364 g/mol. The molecule has 2 rings (SSSR count). The summed E-state index contributed by atoms with van der Waals surface area (Å²) in [6.07, 6.45) is 0. The molecule has 5 nitrogen and oxygen atoms in total. The summed E-state index contributed by atoms with van der Waals surface area (Å²) in [4.78, 5) is 14.2. The van der Waals surface area contributed by atoms with Gasteiger partial charge in [0.2, 0.25) is 5.91 Å². The summed E-state index contributed by atoms with van der Waals surface area (Å²) in [5.74, 6) is 0.367. The molecule has 7 heteroatoms. The van der Waals surface area contributed by atoms with Gasteiger partial charge in [-0.2, -0.15) is 8.78 Å². The number of hydrogen-bond donors (Lipinski definition) is 1. The zero-order chi connectivity index (χ0) is 18.9. The van der Waals surface area contributed by atoms with E-state index in [4.69, 9.17) is 4.74 Å². The molecule has 26 heavy (non-hydrogen) atoms. The van der Waals surface area contributed by atoms with Crippen molar-refractivity contribution in [2.24, 2.45) is 0 Å². The van der Waals surface area contributed by atoms with Crippen molar-refractivity contribution in [2.75, 3.05) is 25.5 Å². The zero-order valence-corrected chi connectivity index (χ0v) is 14.7. The van der Waals surface area contributed by atoms with Gasteiger partial charge in [0.15, 0.2) is 0 Å². The molecule has 1 amide bonds. The highest BCUT2D eigenvalue weighted by Crippen LogP contribution is 2.25. The van der Waals surface area contributed by atoms with Crippen molar-refractivity contribution in [1.82, 2.24) is 4.90 Å². The quantitative estimate of drug-likeness (QED) is 0.738. The number of benzene rings is 2. The summed E-state index contributed by atoms with van der Waals surface area (Å²) in [6, 6.07) is 15.0. The largest absolute Gasteiger partial charge is 0.492 e. The van der Waals surface area contributed by atoms with Gasteiger partial charge >= 0.3 is 6.61 Å². The molecule has 0 heterocycles. The van der Waals surface area contributed by atoms with Crippen LogP contribution in [0.5, 0.6) is 11.5 Å².